The summed E-state index contributed by atoms with van der Waals surface area (Å²) < 4.78 is 1.84. The molecule has 4 nitrogen and oxygen atoms in total. The van der Waals surface area contributed by atoms with Gasteiger partial charge in [0.1, 0.15) is 0 Å². The number of benzene rings is 1. The Morgan fingerprint density at radius 1 is 1.27 bits per heavy atom. The number of likely N-dealkylation sites (tertiary alicyclic amines) is 1. The molecule has 116 valence electrons. The summed E-state index contributed by atoms with van der Waals surface area (Å²) in [5.74, 6) is 0.548. The van der Waals surface area contributed by atoms with Crippen molar-refractivity contribution in [3.63, 3.8) is 0 Å². The summed E-state index contributed by atoms with van der Waals surface area (Å²) in [5.41, 5.74) is 2.03. The Bertz CT molecular complexity index is 633. The third kappa shape index (κ3) is 3.06. The van der Waals surface area contributed by atoms with E-state index in [-0.39, 0.29) is 11.9 Å². The summed E-state index contributed by atoms with van der Waals surface area (Å²) in [7, 11) is 0. The van der Waals surface area contributed by atoms with E-state index in [4.69, 9.17) is 0 Å². The number of amides is 1. The lowest BCUT2D eigenvalue weighted by molar-refractivity contribution is 0.0707. The fraction of sp³-hybridized carbons (Fsp3) is 0.444. The molecule has 2 heterocycles. The van der Waals surface area contributed by atoms with Crippen molar-refractivity contribution >= 4 is 5.91 Å². The van der Waals surface area contributed by atoms with Crippen LogP contribution in [0.1, 0.15) is 54.6 Å². The van der Waals surface area contributed by atoms with Gasteiger partial charge in [0.05, 0.1) is 11.8 Å². The number of rotatable bonds is 3. The molecular weight excluding hydrogens is 274 g/mol. The molecule has 4 heteroatoms. The van der Waals surface area contributed by atoms with Crippen LogP contribution in [0.2, 0.25) is 0 Å². The molecule has 1 saturated heterocycles. The van der Waals surface area contributed by atoms with Gasteiger partial charge in [-0.05, 0) is 32.3 Å². The van der Waals surface area contributed by atoms with Gasteiger partial charge < -0.3 is 4.90 Å². The van der Waals surface area contributed by atoms with Crippen molar-refractivity contribution in [3.05, 3.63) is 53.9 Å². The normalized spacial score (nSPS) is 18.7. The van der Waals surface area contributed by atoms with Crippen LogP contribution in [0.25, 0.3) is 0 Å². The van der Waals surface area contributed by atoms with Gasteiger partial charge in [0.2, 0.25) is 0 Å². The van der Waals surface area contributed by atoms with Crippen LogP contribution in [-0.2, 0) is 0 Å². The first-order chi connectivity index (χ1) is 10.6. The molecule has 3 rings (SSSR count). The smallest absolute Gasteiger partial charge is 0.257 e. The molecule has 0 aliphatic carbocycles. The summed E-state index contributed by atoms with van der Waals surface area (Å²) in [6.45, 7) is 5.77. The van der Waals surface area contributed by atoms with Crippen LogP contribution in [0.15, 0.2) is 42.7 Å². The molecule has 1 amide bonds. The van der Waals surface area contributed by atoms with Crippen LogP contribution in [0.5, 0.6) is 0 Å². The second-order valence-corrected chi connectivity index (χ2v) is 6.30. The van der Waals surface area contributed by atoms with E-state index in [0.717, 1.165) is 25.9 Å². The Morgan fingerprint density at radius 3 is 2.73 bits per heavy atom. The first kappa shape index (κ1) is 14.8. The first-order valence-corrected chi connectivity index (χ1v) is 8.03. The number of piperidine rings is 1. The number of nitrogens with zero attached hydrogens (tertiary/aromatic N) is 3. The Labute approximate surface area is 131 Å². The van der Waals surface area contributed by atoms with Gasteiger partial charge in [-0.1, -0.05) is 30.3 Å². The second kappa shape index (κ2) is 6.34. The van der Waals surface area contributed by atoms with Crippen molar-refractivity contribution in [2.24, 2.45) is 0 Å². The van der Waals surface area contributed by atoms with Crippen LogP contribution in [0.4, 0.5) is 0 Å². The highest BCUT2D eigenvalue weighted by atomic mass is 16.2. The summed E-state index contributed by atoms with van der Waals surface area (Å²) in [5, 5.41) is 4.28. The van der Waals surface area contributed by atoms with Crippen LogP contribution >= 0.6 is 0 Å². The van der Waals surface area contributed by atoms with Gasteiger partial charge in [0.25, 0.3) is 5.91 Å². The van der Waals surface area contributed by atoms with E-state index < -0.39 is 0 Å². The van der Waals surface area contributed by atoms with Crippen LogP contribution in [0, 0.1) is 0 Å². The molecule has 1 atom stereocenters. The molecular formula is C18H23N3O. The number of hydrogen-bond acceptors (Lipinski definition) is 2. The van der Waals surface area contributed by atoms with E-state index in [0.29, 0.717) is 11.5 Å². The minimum absolute atomic E-state index is 0.104. The number of carbonyl (C=O) groups excluding carboxylic acids is 1. The topological polar surface area (TPSA) is 38.1 Å². The largest absolute Gasteiger partial charge is 0.338 e. The minimum atomic E-state index is 0.104. The molecule has 0 N–H and O–H groups in total. The van der Waals surface area contributed by atoms with Gasteiger partial charge in [-0.15, -0.1) is 0 Å². The Balaban J connectivity index is 1.72. The molecule has 1 aromatic carbocycles. The Hall–Kier alpha value is -2.10. The Morgan fingerprint density at radius 2 is 2.05 bits per heavy atom. The summed E-state index contributed by atoms with van der Waals surface area (Å²) >= 11 is 0. The van der Waals surface area contributed by atoms with Crippen molar-refractivity contribution in [2.45, 2.75) is 38.6 Å². The predicted octanol–water partition coefficient (Wildman–Crippen LogP) is 3.48. The fourth-order valence-corrected chi connectivity index (χ4v) is 3.07. The van der Waals surface area contributed by atoms with Gasteiger partial charge in [-0.25, -0.2) is 0 Å². The van der Waals surface area contributed by atoms with E-state index in [1.807, 2.05) is 21.8 Å². The highest BCUT2D eigenvalue weighted by Crippen LogP contribution is 2.27. The highest BCUT2D eigenvalue weighted by Gasteiger charge is 2.26. The summed E-state index contributed by atoms with van der Waals surface area (Å²) in [6, 6.07) is 10.8. The maximum Gasteiger partial charge on any atom is 0.257 e. The van der Waals surface area contributed by atoms with Crippen molar-refractivity contribution in [1.29, 1.82) is 0 Å². The molecule has 22 heavy (non-hydrogen) atoms. The summed E-state index contributed by atoms with van der Waals surface area (Å²) in [4.78, 5) is 14.7. The maximum absolute atomic E-state index is 12.7. The van der Waals surface area contributed by atoms with Crippen LogP contribution in [0.3, 0.4) is 0 Å². The third-order valence-corrected chi connectivity index (χ3v) is 4.36. The average Bonchev–Trinajstić information content (AvgIpc) is 3.05. The molecule has 1 aromatic heterocycles. The molecule has 0 spiro atoms. The van der Waals surface area contributed by atoms with Gasteiger partial charge in [0, 0.05) is 31.2 Å². The number of aromatic nitrogens is 2. The quantitative estimate of drug-likeness (QED) is 0.870. The van der Waals surface area contributed by atoms with E-state index in [1.54, 1.807) is 6.20 Å². The standard InChI is InChI=1S/C18H23N3O/c1-14(2)21-13-17(11-19-21)18(22)20-10-6-9-16(12-20)15-7-4-3-5-8-15/h3-5,7-8,11,13-14,16H,6,9-10,12H2,1-2H3. The van der Waals surface area contributed by atoms with Gasteiger partial charge in [0.15, 0.2) is 0 Å². The van der Waals surface area contributed by atoms with Crippen molar-refractivity contribution in [1.82, 2.24) is 14.7 Å². The average molecular weight is 297 g/mol. The first-order valence-electron chi connectivity index (χ1n) is 8.03. The number of carbonyl (C=O) groups is 1. The van der Waals surface area contributed by atoms with Crippen molar-refractivity contribution in [3.8, 4) is 0 Å². The zero-order valence-electron chi connectivity index (χ0n) is 13.3. The molecule has 1 aliphatic heterocycles. The minimum Gasteiger partial charge on any atom is -0.338 e. The van der Waals surface area contributed by atoms with E-state index in [1.165, 1.54) is 5.56 Å². The SMILES string of the molecule is CC(C)n1cc(C(=O)N2CCCC(c3ccccc3)C2)cn1. The molecule has 1 unspecified atom stereocenters. The molecule has 1 fully saturated rings. The van der Waals surface area contributed by atoms with Crippen LogP contribution in [-0.4, -0.2) is 33.7 Å². The third-order valence-electron chi connectivity index (χ3n) is 4.36. The van der Waals surface area contributed by atoms with Gasteiger partial charge in [-0.3, -0.25) is 9.48 Å². The zero-order chi connectivity index (χ0) is 15.5. The summed E-state index contributed by atoms with van der Waals surface area (Å²) in [6.07, 6.45) is 5.76. The highest BCUT2D eigenvalue weighted by molar-refractivity contribution is 5.93. The van der Waals surface area contributed by atoms with Crippen molar-refractivity contribution in [2.75, 3.05) is 13.1 Å². The van der Waals surface area contributed by atoms with E-state index in [9.17, 15) is 4.79 Å². The molecule has 2 aromatic rings. The molecule has 0 bridgehead atoms. The molecule has 0 saturated carbocycles. The molecule has 1 aliphatic rings. The Kier molecular flexibility index (Phi) is 4.27. The number of hydrogen-bond donors (Lipinski definition) is 0. The van der Waals surface area contributed by atoms with Crippen LogP contribution < -0.4 is 0 Å². The lowest BCUT2D eigenvalue weighted by atomic mass is 9.90. The monoisotopic (exact) mass is 297 g/mol. The zero-order valence-corrected chi connectivity index (χ0v) is 13.3. The van der Waals surface area contributed by atoms with Gasteiger partial charge >= 0.3 is 0 Å². The fourth-order valence-electron chi connectivity index (χ4n) is 3.07. The van der Waals surface area contributed by atoms with Crippen molar-refractivity contribution < 1.29 is 4.79 Å². The second-order valence-electron chi connectivity index (χ2n) is 6.30. The van der Waals surface area contributed by atoms with Gasteiger partial charge in [-0.2, -0.15) is 5.10 Å². The predicted molar refractivity (Wildman–Crippen MR) is 86.9 cm³/mol. The van der Waals surface area contributed by atoms with E-state index in [2.05, 4.69) is 43.2 Å². The van der Waals surface area contributed by atoms with E-state index >= 15 is 0 Å². The lowest BCUT2D eigenvalue weighted by Crippen LogP contribution is -2.39. The molecule has 0 radical (unpaired) electrons. The maximum atomic E-state index is 12.7. The lowest BCUT2D eigenvalue weighted by Gasteiger charge is -2.32.